The van der Waals surface area contributed by atoms with Gasteiger partial charge in [0.05, 0.1) is 11.0 Å². The van der Waals surface area contributed by atoms with Gasteiger partial charge in [-0.2, -0.15) is 0 Å². The van der Waals surface area contributed by atoms with Crippen molar-refractivity contribution >= 4 is 28.8 Å². The lowest BCUT2D eigenvalue weighted by molar-refractivity contribution is -0.386. The van der Waals surface area contributed by atoms with E-state index in [4.69, 9.17) is 12.2 Å². The zero-order chi connectivity index (χ0) is 19.7. The SMILES string of the molecule is CC1=C(C(=O)c2ccccc2)C(c2cc([N+](=O)[O-])c(O)cc2O)NC(=S)N1. The summed E-state index contributed by atoms with van der Waals surface area (Å²) in [5.41, 5.74) is 0.610. The summed E-state index contributed by atoms with van der Waals surface area (Å²) in [5, 5.41) is 37.1. The number of nitro benzene ring substituents is 1. The van der Waals surface area contributed by atoms with Gasteiger partial charge < -0.3 is 20.8 Å². The van der Waals surface area contributed by atoms with Crippen LogP contribution in [-0.2, 0) is 0 Å². The lowest BCUT2D eigenvalue weighted by Crippen LogP contribution is -2.44. The highest BCUT2D eigenvalue weighted by Gasteiger charge is 2.33. The second kappa shape index (κ2) is 7.04. The van der Waals surface area contributed by atoms with E-state index < -0.39 is 28.2 Å². The molecule has 0 bridgehead atoms. The van der Waals surface area contributed by atoms with Crippen LogP contribution in [0, 0.1) is 10.1 Å². The largest absolute Gasteiger partial charge is 0.507 e. The van der Waals surface area contributed by atoms with Crippen molar-refractivity contribution in [2.45, 2.75) is 13.0 Å². The third kappa shape index (κ3) is 3.44. The number of thiocarbonyl (C=S) groups is 1. The first-order chi connectivity index (χ1) is 12.8. The highest BCUT2D eigenvalue weighted by molar-refractivity contribution is 7.80. The summed E-state index contributed by atoms with van der Waals surface area (Å²) in [5.74, 6) is -1.39. The monoisotopic (exact) mass is 385 g/mol. The van der Waals surface area contributed by atoms with Crippen molar-refractivity contribution in [1.29, 1.82) is 0 Å². The van der Waals surface area contributed by atoms with Crippen molar-refractivity contribution in [1.82, 2.24) is 10.6 Å². The number of ketones is 1. The van der Waals surface area contributed by atoms with Crippen molar-refractivity contribution in [2.75, 3.05) is 0 Å². The molecule has 0 aliphatic carbocycles. The molecule has 1 atom stereocenters. The van der Waals surface area contributed by atoms with Crippen LogP contribution in [0.5, 0.6) is 11.5 Å². The Kier molecular flexibility index (Phi) is 4.78. The minimum absolute atomic E-state index is 0.0574. The van der Waals surface area contributed by atoms with Crippen LogP contribution in [0.1, 0.15) is 28.9 Å². The molecule has 0 saturated carbocycles. The van der Waals surface area contributed by atoms with Crippen LogP contribution in [0.25, 0.3) is 0 Å². The molecule has 0 fully saturated rings. The average Bonchev–Trinajstić information content (AvgIpc) is 2.61. The first-order valence-electron chi connectivity index (χ1n) is 7.88. The molecule has 9 heteroatoms. The Labute approximate surface area is 159 Å². The van der Waals surface area contributed by atoms with Gasteiger partial charge in [0.2, 0.25) is 0 Å². The predicted octanol–water partition coefficient (Wildman–Crippen LogP) is 2.68. The number of phenols is 2. The fourth-order valence-corrected chi connectivity index (χ4v) is 3.20. The molecule has 0 saturated heterocycles. The third-order valence-electron chi connectivity index (χ3n) is 4.18. The van der Waals surface area contributed by atoms with Crippen molar-refractivity contribution in [3.05, 3.63) is 75.0 Å². The quantitative estimate of drug-likeness (QED) is 0.274. The van der Waals surface area contributed by atoms with Crippen LogP contribution < -0.4 is 10.6 Å². The molecule has 0 radical (unpaired) electrons. The highest BCUT2D eigenvalue weighted by atomic mass is 32.1. The van der Waals surface area contributed by atoms with Gasteiger partial charge in [-0.1, -0.05) is 30.3 Å². The molecule has 27 heavy (non-hydrogen) atoms. The van der Waals surface area contributed by atoms with Crippen LogP contribution in [0.15, 0.2) is 53.7 Å². The zero-order valence-electron chi connectivity index (χ0n) is 14.1. The van der Waals surface area contributed by atoms with E-state index in [9.17, 15) is 25.1 Å². The predicted molar refractivity (Wildman–Crippen MR) is 102 cm³/mol. The third-order valence-corrected chi connectivity index (χ3v) is 4.40. The van der Waals surface area contributed by atoms with E-state index in [1.165, 1.54) is 0 Å². The molecule has 1 aliphatic heterocycles. The van der Waals surface area contributed by atoms with E-state index >= 15 is 0 Å². The van der Waals surface area contributed by atoms with Gasteiger partial charge in [-0.15, -0.1) is 0 Å². The molecule has 2 aromatic carbocycles. The van der Waals surface area contributed by atoms with E-state index in [0.29, 0.717) is 11.3 Å². The normalized spacial score (nSPS) is 16.5. The Morgan fingerprint density at radius 1 is 1.19 bits per heavy atom. The number of carbonyl (C=O) groups is 1. The number of benzene rings is 2. The number of hydrogen-bond donors (Lipinski definition) is 4. The number of phenolic OH excluding ortho intramolecular Hbond substituents is 2. The standard InChI is InChI=1S/C18H15N3O5S/c1-9-15(17(24)10-5-3-2-4-6-10)16(20-18(27)19-9)11-7-12(21(25)26)14(23)8-13(11)22/h2-8,16,22-23H,1H3,(H2,19,20,27). The maximum Gasteiger partial charge on any atom is 0.311 e. The Balaban J connectivity index is 2.17. The molecule has 1 aliphatic rings. The van der Waals surface area contributed by atoms with Crippen LogP contribution in [0.4, 0.5) is 5.69 Å². The van der Waals surface area contributed by atoms with Gasteiger partial charge in [0.15, 0.2) is 16.6 Å². The molecule has 1 heterocycles. The van der Waals surface area contributed by atoms with E-state index in [2.05, 4.69) is 10.6 Å². The molecular weight excluding hydrogens is 370 g/mol. The lowest BCUT2D eigenvalue weighted by atomic mass is 9.89. The molecule has 8 nitrogen and oxygen atoms in total. The fourth-order valence-electron chi connectivity index (χ4n) is 2.93. The number of nitrogens with zero attached hydrogens (tertiary/aromatic N) is 1. The number of carbonyl (C=O) groups excluding carboxylic acids is 1. The van der Waals surface area contributed by atoms with Gasteiger partial charge in [-0.05, 0) is 19.1 Å². The van der Waals surface area contributed by atoms with Gasteiger partial charge in [-0.3, -0.25) is 14.9 Å². The number of hydrogen-bond acceptors (Lipinski definition) is 6. The summed E-state index contributed by atoms with van der Waals surface area (Å²) in [6, 6.07) is 9.48. The van der Waals surface area contributed by atoms with Gasteiger partial charge in [0, 0.05) is 34.5 Å². The number of nitro groups is 1. The first kappa shape index (κ1) is 18.3. The smallest absolute Gasteiger partial charge is 0.311 e. The molecular formula is C18H15N3O5S. The molecule has 0 spiro atoms. The molecule has 1 unspecified atom stereocenters. The minimum atomic E-state index is -0.925. The molecule has 0 aromatic heterocycles. The van der Waals surface area contributed by atoms with E-state index in [1.807, 2.05) is 0 Å². The van der Waals surface area contributed by atoms with Crippen LogP contribution in [0.2, 0.25) is 0 Å². The van der Waals surface area contributed by atoms with Gasteiger partial charge in [-0.25, -0.2) is 0 Å². The molecule has 2 aromatic rings. The molecule has 4 N–H and O–H groups in total. The van der Waals surface area contributed by atoms with Gasteiger partial charge in [0.1, 0.15) is 5.75 Å². The van der Waals surface area contributed by atoms with Crippen molar-refractivity contribution < 1.29 is 19.9 Å². The summed E-state index contributed by atoms with van der Waals surface area (Å²) in [4.78, 5) is 23.4. The number of aromatic hydroxyl groups is 2. The number of nitrogens with one attached hydrogen (secondary N) is 2. The summed E-state index contributed by atoms with van der Waals surface area (Å²) < 4.78 is 0. The second-order valence-electron chi connectivity index (χ2n) is 5.92. The van der Waals surface area contributed by atoms with E-state index in [1.54, 1.807) is 37.3 Å². The van der Waals surface area contributed by atoms with Crippen LogP contribution >= 0.6 is 12.2 Å². The second-order valence-corrected chi connectivity index (χ2v) is 6.33. The Hall–Kier alpha value is -3.46. The lowest BCUT2D eigenvalue weighted by Gasteiger charge is -2.30. The maximum atomic E-state index is 13.1. The van der Waals surface area contributed by atoms with E-state index in [0.717, 1.165) is 12.1 Å². The summed E-state index contributed by atoms with van der Waals surface area (Å²) in [7, 11) is 0. The summed E-state index contributed by atoms with van der Waals surface area (Å²) >= 11 is 5.14. The molecule has 3 rings (SSSR count). The maximum absolute atomic E-state index is 13.1. The highest BCUT2D eigenvalue weighted by Crippen LogP contribution is 2.40. The Morgan fingerprint density at radius 2 is 1.85 bits per heavy atom. The fraction of sp³-hybridized carbons (Fsp3) is 0.111. The van der Waals surface area contributed by atoms with Gasteiger partial charge in [0.25, 0.3) is 0 Å². The summed E-state index contributed by atoms with van der Waals surface area (Å²) in [6.07, 6.45) is 0. The minimum Gasteiger partial charge on any atom is -0.507 e. The Morgan fingerprint density at radius 3 is 2.48 bits per heavy atom. The number of Topliss-reactive ketones (excluding diaryl/α,β-unsaturated/α-hetero) is 1. The van der Waals surface area contributed by atoms with Gasteiger partial charge >= 0.3 is 5.69 Å². The zero-order valence-corrected chi connectivity index (χ0v) is 14.9. The topological polar surface area (TPSA) is 125 Å². The Bertz CT molecular complexity index is 988. The van der Waals surface area contributed by atoms with Crippen molar-refractivity contribution in [3.8, 4) is 11.5 Å². The molecule has 0 amide bonds. The first-order valence-corrected chi connectivity index (χ1v) is 8.28. The van der Waals surface area contributed by atoms with Crippen molar-refractivity contribution in [3.63, 3.8) is 0 Å². The molecule has 138 valence electrons. The van der Waals surface area contributed by atoms with Crippen molar-refractivity contribution in [2.24, 2.45) is 0 Å². The number of rotatable bonds is 4. The average molecular weight is 385 g/mol. The summed E-state index contributed by atoms with van der Waals surface area (Å²) in [6.45, 7) is 1.65. The number of allylic oxidation sites excluding steroid dienone is 1. The van der Waals surface area contributed by atoms with Crippen LogP contribution in [-0.4, -0.2) is 26.0 Å². The van der Waals surface area contributed by atoms with E-state index in [-0.39, 0.29) is 22.0 Å². The van der Waals surface area contributed by atoms with Crippen LogP contribution in [0.3, 0.4) is 0 Å².